The molecule has 0 aliphatic heterocycles. The molecular formula is C24H16ClN3O3. The van der Waals surface area contributed by atoms with Crippen molar-refractivity contribution < 1.29 is 4.74 Å². The van der Waals surface area contributed by atoms with Crippen LogP contribution >= 0.6 is 11.6 Å². The Morgan fingerprint density at radius 3 is 2.61 bits per heavy atom. The van der Waals surface area contributed by atoms with Gasteiger partial charge in [0.15, 0.2) is 5.52 Å². The summed E-state index contributed by atoms with van der Waals surface area (Å²) in [6.45, 7) is 0. The first kappa shape index (κ1) is 19.1. The molecule has 0 saturated carbocycles. The Morgan fingerprint density at radius 1 is 1.00 bits per heavy atom. The highest BCUT2D eigenvalue weighted by Crippen LogP contribution is 2.36. The first-order chi connectivity index (χ1) is 15.1. The number of halogens is 1. The molecule has 5 aromatic rings. The van der Waals surface area contributed by atoms with Crippen molar-refractivity contribution in [2.75, 3.05) is 7.11 Å². The number of hydrogen-bond donors (Lipinski definition) is 1. The lowest BCUT2D eigenvalue weighted by Gasteiger charge is -2.12. The fourth-order valence-electron chi connectivity index (χ4n) is 3.81. The van der Waals surface area contributed by atoms with Crippen LogP contribution in [-0.2, 0) is 0 Å². The van der Waals surface area contributed by atoms with Gasteiger partial charge in [-0.05, 0) is 29.7 Å². The van der Waals surface area contributed by atoms with Crippen LogP contribution in [-0.4, -0.2) is 21.6 Å². The van der Waals surface area contributed by atoms with Crippen LogP contribution in [0.3, 0.4) is 0 Å². The standard InChI is InChI=1S/C24H16ClN3O3/c1-31-20-11-5-9-17(25)21(20)15-12-18-22(26-13-15)23(29)28(24(30)27-18)19-10-4-7-14-6-2-3-8-16(14)19/h2-13H,1H3,(H,27,30). The maximum absolute atomic E-state index is 13.3. The van der Waals surface area contributed by atoms with E-state index in [4.69, 9.17) is 16.3 Å². The summed E-state index contributed by atoms with van der Waals surface area (Å²) in [6, 6.07) is 20.1. The van der Waals surface area contributed by atoms with Gasteiger partial charge in [-0.2, -0.15) is 0 Å². The van der Waals surface area contributed by atoms with E-state index in [1.165, 1.54) is 0 Å². The quantitative estimate of drug-likeness (QED) is 0.456. The van der Waals surface area contributed by atoms with E-state index in [2.05, 4.69) is 9.97 Å². The van der Waals surface area contributed by atoms with E-state index in [0.29, 0.717) is 33.1 Å². The van der Waals surface area contributed by atoms with Gasteiger partial charge in [0.1, 0.15) is 5.75 Å². The van der Waals surface area contributed by atoms with Crippen LogP contribution in [0.2, 0.25) is 5.02 Å². The Morgan fingerprint density at radius 2 is 1.77 bits per heavy atom. The van der Waals surface area contributed by atoms with Crippen LogP contribution in [0.25, 0.3) is 38.6 Å². The number of benzene rings is 3. The minimum atomic E-state index is -0.543. The van der Waals surface area contributed by atoms with Crippen molar-refractivity contribution >= 4 is 33.4 Å². The van der Waals surface area contributed by atoms with Gasteiger partial charge in [-0.3, -0.25) is 4.79 Å². The number of fused-ring (bicyclic) bond motifs is 2. The van der Waals surface area contributed by atoms with E-state index in [1.807, 2.05) is 36.4 Å². The summed E-state index contributed by atoms with van der Waals surface area (Å²) in [5, 5.41) is 2.21. The lowest BCUT2D eigenvalue weighted by Crippen LogP contribution is -2.34. The molecule has 0 fully saturated rings. The highest BCUT2D eigenvalue weighted by atomic mass is 35.5. The van der Waals surface area contributed by atoms with Crippen molar-refractivity contribution in [2.45, 2.75) is 0 Å². The third-order valence-corrected chi connectivity index (χ3v) is 5.54. The minimum absolute atomic E-state index is 0.155. The van der Waals surface area contributed by atoms with Crippen LogP contribution in [0.5, 0.6) is 5.75 Å². The minimum Gasteiger partial charge on any atom is -0.496 e. The Labute approximate surface area is 181 Å². The second-order valence-electron chi connectivity index (χ2n) is 7.01. The average molecular weight is 430 g/mol. The maximum atomic E-state index is 13.3. The molecule has 0 unspecified atom stereocenters. The molecule has 0 saturated heterocycles. The third kappa shape index (κ3) is 3.08. The fraction of sp³-hybridized carbons (Fsp3) is 0.0417. The molecule has 7 heteroatoms. The van der Waals surface area contributed by atoms with Crippen LogP contribution in [0.1, 0.15) is 0 Å². The summed E-state index contributed by atoms with van der Waals surface area (Å²) < 4.78 is 6.53. The van der Waals surface area contributed by atoms with E-state index in [9.17, 15) is 9.59 Å². The normalized spacial score (nSPS) is 11.2. The summed E-state index contributed by atoms with van der Waals surface area (Å²) in [5.74, 6) is 0.570. The molecule has 0 spiro atoms. The highest BCUT2D eigenvalue weighted by molar-refractivity contribution is 6.33. The molecule has 0 bridgehead atoms. The number of nitrogens with one attached hydrogen (secondary N) is 1. The molecule has 0 aliphatic carbocycles. The Bertz CT molecular complexity index is 1580. The van der Waals surface area contributed by atoms with Gasteiger partial charge in [0, 0.05) is 22.7 Å². The number of H-pyrrole nitrogens is 1. The number of ether oxygens (including phenoxy) is 1. The van der Waals surface area contributed by atoms with Gasteiger partial charge in [-0.25, -0.2) is 14.3 Å². The van der Waals surface area contributed by atoms with Crippen molar-refractivity contribution in [3.63, 3.8) is 0 Å². The molecule has 1 N–H and O–H groups in total. The molecule has 0 amide bonds. The molecule has 0 aliphatic rings. The molecule has 31 heavy (non-hydrogen) atoms. The van der Waals surface area contributed by atoms with Gasteiger partial charge in [0.2, 0.25) is 0 Å². The fourth-order valence-corrected chi connectivity index (χ4v) is 4.09. The van der Waals surface area contributed by atoms with Gasteiger partial charge in [-0.15, -0.1) is 0 Å². The van der Waals surface area contributed by atoms with Crippen LogP contribution in [0.15, 0.2) is 82.5 Å². The van der Waals surface area contributed by atoms with Crippen LogP contribution in [0, 0.1) is 0 Å². The van der Waals surface area contributed by atoms with E-state index in [0.717, 1.165) is 15.3 Å². The second-order valence-corrected chi connectivity index (χ2v) is 7.41. The number of pyridine rings is 1. The summed E-state index contributed by atoms with van der Waals surface area (Å²) in [4.78, 5) is 33.4. The monoisotopic (exact) mass is 429 g/mol. The Balaban J connectivity index is 1.77. The van der Waals surface area contributed by atoms with Gasteiger partial charge in [0.25, 0.3) is 5.56 Å². The predicted octanol–water partition coefficient (Wildman–Crippen LogP) is 4.56. The number of methoxy groups -OCH3 is 1. The second kappa shape index (κ2) is 7.41. The summed E-state index contributed by atoms with van der Waals surface area (Å²) in [5.41, 5.74) is 1.22. The SMILES string of the molecule is COc1cccc(Cl)c1-c1cnc2c(=O)n(-c3cccc4ccccc34)c(=O)[nH]c2c1. The van der Waals surface area contributed by atoms with E-state index in [-0.39, 0.29) is 5.52 Å². The van der Waals surface area contributed by atoms with E-state index in [1.54, 1.807) is 43.6 Å². The van der Waals surface area contributed by atoms with Crippen molar-refractivity contribution in [2.24, 2.45) is 0 Å². The summed E-state index contributed by atoms with van der Waals surface area (Å²) in [7, 11) is 1.55. The highest BCUT2D eigenvalue weighted by Gasteiger charge is 2.16. The average Bonchev–Trinajstić information content (AvgIpc) is 2.78. The molecule has 0 radical (unpaired) electrons. The number of aromatic amines is 1. The number of aromatic nitrogens is 3. The van der Waals surface area contributed by atoms with Gasteiger partial charge >= 0.3 is 5.69 Å². The smallest absolute Gasteiger partial charge is 0.333 e. The lowest BCUT2D eigenvalue weighted by molar-refractivity contribution is 0.416. The molecule has 152 valence electrons. The summed E-state index contributed by atoms with van der Waals surface area (Å²) >= 11 is 6.37. The maximum Gasteiger partial charge on any atom is 0.333 e. The van der Waals surface area contributed by atoms with Gasteiger partial charge < -0.3 is 9.72 Å². The number of nitrogens with zero attached hydrogens (tertiary/aromatic N) is 2. The third-order valence-electron chi connectivity index (χ3n) is 5.23. The first-order valence-electron chi connectivity index (χ1n) is 9.54. The molecule has 3 aromatic carbocycles. The topological polar surface area (TPSA) is 77.0 Å². The Hall–Kier alpha value is -3.90. The molecular weight excluding hydrogens is 414 g/mol. The molecule has 2 aromatic heterocycles. The number of rotatable bonds is 3. The molecule has 0 atom stereocenters. The van der Waals surface area contributed by atoms with E-state index >= 15 is 0 Å². The molecule has 2 heterocycles. The van der Waals surface area contributed by atoms with Crippen molar-refractivity contribution in [3.05, 3.63) is 98.8 Å². The Kier molecular flexibility index (Phi) is 4.56. The predicted molar refractivity (Wildman–Crippen MR) is 122 cm³/mol. The largest absolute Gasteiger partial charge is 0.496 e. The van der Waals surface area contributed by atoms with Crippen molar-refractivity contribution in [1.82, 2.24) is 14.5 Å². The zero-order valence-corrected chi connectivity index (χ0v) is 17.2. The van der Waals surface area contributed by atoms with Crippen LogP contribution < -0.4 is 16.0 Å². The van der Waals surface area contributed by atoms with Crippen molar-refractivity contribution in [3.8, 4) is 22.6 Å². The van der Waals surface area contributed by atoms with Crippen molar-refractivity contribution in [1.29, 1.82) is 0 Å². The van der Waals surface area contributed by atoms with E-state index < -0.39 is 11.2 Å². The first-order valence-corrected chi connectivity index (χ1v) is 9.92. The molecule has 5 rings (SSSR count). The lowest BCUT2D eigenvalue weighted by atomic mass is 10.1. The van der Waals surface area contributed by atoms with Gasteiger partial charge in [-0.1, -0.05) is 54.1 Å². The summed E-state index contributed by atoms with van der Waals surface area (Å²) in [6.07, 6.45) is 1.55. The zero-order chi connectivity index (χ0) is 21.5. The van der Waals surface area contributed by atoms with Crippen LogP contribution in [0.4, 0.5) is 0 Å². The zero-order valence-electron chi connectivity index (χ0n) is 16.4. The molecule has 6 nitrogen and oxygen atoms in total. The number of hydrogen-bond acceptors (Lipinski definition) is 4. The van der Waals surface area contributed by atoms with Gasteiger partial charge in [0.05, 0.1) is 23.3 Å².